The predicted octanol–water partition coefficient (Wildman–Crippen LogP) is 1.28. The van der Waals surface area contributed by atoms with E-state index in [9.17, 15) is 0 Å². The van der Waals surface area contributed by atoms with Crippen molar-refractivity contribution in [3.8, 4) is 0 Å². The average molecular weight is 238 g/mol. The molecule has 1 aromatic heterocycles. The summed E-state index contributed by atoms with van der Waals surface area (Å²) < 4.78 is 3.85. The van der Waals surface area contributed by atoms with Crippen LogP contribution < -0.4 is 5.32 Å². The molecule has 0 radical (unpaired) electrons. The molecule has 0 amide bonds. The summed E-state index contributed by atoms with van der Waals surface area (Å²) in [6.07, 6.45) is 4.41. The van der Waals surface area contributed by atoms with Crippen LogP contribution in [-0.2, 0) is 6.54 Å². The van der Waals surface area contributed by atoms with E-state index in [-0.39, 0.29) is 0 Å². The third kappa shape index (κ3) is 3.37. The van der Waals surface area contributed by atoms with Crippen LogP contribution in [0.1, 0.15) is 18.5 Å². The number of nitrogens with zero attached hydrogens (tertiary/aromatic N) is 3. The molecule has 1 aliphatic rings. The van der Waals surface area contributed by atoms with E-state index in [0.717, 1.165) is 18.8 Å². The fraction of sp³-hybridized carbons (Fsp3) is 0.636. The fourth-order valence-corrected chi connectivity index (χ4v) is 2.46. The highest BCUT2D eigenvalue weighted by atomic mass is 32.1. The van der Waals surface area contributed by atoms with Crippen molar-refractivity contribution >= 4 is 11.5 Å². The van der Waals surface area contributed by atoms with E-state index >= 15 is 0 Å². The normalized spacial score (nSPS) is 18.8. The van der Waals surface area contributed by atoms with Gasteiger partial charge in [0.05, 0.1) is 5.69 Å². The zero-order valence-corrected chi connectivity index (χ0v) is 10.2. The van der Waals surface area contributed by atoms with Crippen LogP contribution >= 0.6 is 11.5 Å². The first kappa shape index (κ1) is 11.7. The van der Waals surface area contributed by atoms with Crippen molar-refractivity contribution in [2.75, 3.05) is 19.6 Å². The van der Waals surface area contributed by atoms with Gasteiger partial charge in [-0.3, -0.25) is 4.90 Å². The van der Waals surface area contributed by atoms with Gasteiger partial charge in [-0.1, -0.05) is 10.6 Å². The maximum absolute atomic E-state index is 4.03. The topological polar surface area (TPSA) is 41.0 Å². The number of hydrogen-bond donors (Lipinski definition) is 1. The molecular weight excluding hydrogens is 220 g/mol. The summed E-state index contributed by atoms with van der Waals surface area (Å²) in [6.45, 7) is 7.97. The Labute approximate surface area is 101 Å². The van der Waals surface area contributed by atoms with Gasteiger partial charge in [0.2, 0.25) is 0 Å². The minimum atomic E-state index is 0.628. The van der Waals surface area contributed by atoms with Crippen molar-refractivity contribution in [2.24, 2.45) is 0 Å². The van der Waals surface area contributed by atoms with Gasteiger partial charge in [0.25, 0.3) is 0 Å². The van der Waals surface area contributed by atoms with Gasteiger partial charge < -0.3 is 5.32 Å². The first-order valence-corrected chi connectivity index (χ1v) is 6.54. The number of aromatic nitrogens is 2. The predicted molar refractivity (Wildman–Crippen MR) is 66.4 cm³/mol. The second kappa shape index (κ2) is 6.08. The van der Waals surface area contributed by atoms with Crippen molar-refractivity contribution in [3.63, 3.8) is 0 Å². The molecule has 16 heavy (non-hydrogen) atoms. The van der Waals surface area contributed by atoms with Gasteiger partial charge in [0.1, 0.15) is 0 Å². The molecule has 2 rings (SSSR count). The number of rotatable bonds is 5. The van der Waals surface area contributed by atoms with Crippen molar-refractivity contribution in [1.29, 1.82) is 0 Å². The second-order valence-electron chi connectivity index (χ2n) is 4.14. The lowest BCUT2D eigenvalue weighted by Gasteiger charge is -2.31. The van der Waals surface area contributed by atoms with Crippen LogP contribution in [0.4, 0.5) is 0 Å². The quantitative estimate of drug-likeness (QED) is 0.785. The van der Waals surface area contributed by atoms with E-state index in [1.807, 2.05) is 11.5 Å². The number of likely N-dealkylation sites (tertiary alicyclic amines) is 1. The van der Waals surface area contributed by atoms with Crippen LogP contribution in [0, 0.1) is 0 Å². The standard InChI is InChI=1S/C11H18N4S/c1-2-5-15-6-3-10(4-7-15)12-8-11-9-16-14-13-11/h2,9-10,12H,1,3-8H2. The van der Waals surface area contributed by atoms with Crippen LogP contribution in [-0.4, -0.2) is 40.2 Å². The highest BCUT2D eigenvalue weighted by Crippen LogP contribution is 2.10. The lowest BCUT2D eigenvalue weighted by atomic mass is 10.1. The summed E-state index contributed by atoms with van der Waals surface area (Å²) in [5.41, 5.74) is 1.05. The van der Waals surface area contributed by atoms with Gasteiger partial charge in [-0.05, 0) is 37.5 Å². The van der Waals surface area contributed by atoms with E-state index in [4.69, 9.17) is 0 Å². The Hall–Kier alpha value is -0.780. The zero-order valence-electron chi connectivity index (χ0n) is 9.43. The highest BCUT2D eigenvalue weighted by molar-refractivity contribution is 7.03. The fourth-order valence-electron chi connectivity index (χ4n) is 2.01. The monoisotopic (exact) mass is 238 g/mol. The van der Waals surface area contributed by atoms with Crippen molar-refractivity contribution in [2.45, 2.75) is 25.4 Å². The van der Waals surface area contributed by atoms with Crippen molar-refractivity contribution in [1.82, 2.24) is 19.8 Å². The molecule has 1 aromatic rings. The lowest BCUT2D eigenvalue weighted by molar-refractivity contribution is 0.214. The Morgan fingerprint density at radius 2 is 2.38 bits per heavy atom. The number of nitrogens with one attached hydrogen (secondary N) is 1. The molecule has 88 valence electrons. The molecule has 1 N–H and O–H groups in total. The number of hydrogen-bond acceptors (Lipinski definition) is 5. The van der Waals surface area contributed by atoms with Gasteiger partial charge >= 0.3 is 0 Å². The minimum absolute atomic E-state index is 0.628. The second-order valence-corrected chi connectivity index (χ2v) is 4.75. The van der Waals surface area contributed by atoms with Gasteiger partial charge in [0, 0.05) is 24.5 Å². The highest BCUT2D eigenvalue weighted by Gasteiger charge is 2.17. The summed E-state index contributed by atoms with van der Waals surface area (Å²) in [6, 6.07) is 0.628. The summed E-state index contributed by atoms with van der Waals surface area (Å²) in [5, 5.41) is 9.57. The van der Waals surface area contributed by atoms with E-state index in [1.54, 1.807) is 0 Å². The lowest BCUT2D eigenvalue weighted by Crippen LogP contribution is -2.42. The zero-order chi connectivity index (χ0) is 11.2. The van der Waals surface area contributed by atoms with E-state index < -0.39 is 0 Å². The maximum atomic E-state index is 4.03. The van der Waals surface area contributed by atoms with Gasteiger partial charge in [-0.15, -0.1) is 11.7 Å². The van der Waals surface area contributed by atoms with Crippen LogP contribution in [0.25, 0.3) is 0 Å². The largest absolute Gasteiger partial charge is 0.308 e. The molecule has 1 saturated heterocycles. The van der Waals surface area contributed by atoms with E-state index in [2.05, 4.69) is 26.4 Å². The summed E-state index contributed by atoms with van der Waals surface area (Å²) >= 11 is 1.41. The third-order valence-corrected chi connectivity index (χ3v) is 3.51. The third-order valence-electron chi connectivity index (χ3n) is 2.95. The van der Waals surface area contributed by atoms with Gasteiger partial charge in [-0.2, -0.15) is 0 Å². The molecule has 0 aromatic carbocycles. The van der Waals surface area contributed by atoms with Gasteiger partial charge in [-0.25, -0.2) is 0 Å². The molecule has 0 spiro atoms. The number of piperidine rings is 1. The molecule has 0 bridgehead atoms. The molecular formula is C11H18N4S. The Kier molecular flexibility index (Phi) is 4.44. The summed E-state index contributed by atoms with van der Waals surface area (Å²) in [5.74, 6) is 0. The molecule has 0 saturated carbocycles. The maximum Gasteiger partial charge on any atom is 0.0893 e. The summed E-state index contributed by atoms with van der Waals surface area (Å²) in [7, 11) is 0. The smallest absolute Gasteiger partial charge is 0.0893 e. The molecule has 2 heterocycles. The average Bonchev–Trinajstić information content (AvgIpc) is 2.82. The molecule has 5 heteroatoms. The molecule has 0 unspecified atom stereocenters. The summed E-state index contributed by atoms with van der Waals surface area (Å²) in [4.78, 5) is 2.44. The molecule has 0 atom stereocenters. The molecule has 0 aliphatic carbocycles. The Morgan fingerprint density at radius 3 is 3.00 bits per heavy atom. The van der Waals surface area contributed by atoms with Crippen LogP contribution in [0.2, 0.25) is 0 Å². The van der Waals surface area contributed by atoms with E-state index in [0.29, 0.717) is 6.04 Å². The Balaban J connectivity index is 1.67. The minimum Gasteiger partial charge on any atom is -0.308 e. The molecule has 1 fully saturated rings. The van der Waals surface area contributed by atoms with Crippen molar-refractivity contribution in [3.05, 3.63) is 23.7 Å². The van der Waals surface area contributed by atoms with Crippen LogP contribution in [0.3, 0.4) is 0 Å². The molecule has 4 nitrogen and oxygen atoms in total. The van der Waals surface area contributed by atoms with Crippen LogP contribution in [0.15, 0.2) is 18.0 Å². The van der Waals surface area contributed by atoms with Crippen molar-refractivity contribution < 1.29 is 0 Å². The first-order valence-electron chi connectivity index (χ1n) is 5.71. The Morgan fingerprint density at radius 1 is 1.56 bits per heavy atom. The Bertz CT molecular complexity index is 304. The SMILES string of the molecule is C=CCN1CCC(NCc2csnn2)CC1. The van der Waals surface area contributed by atoms with Gasteiger partial charge in [0.15, 0.2) is 0 Å². The molecule has 1 aliphatic heterocycles. The first-order chi connectivity index (χ1) is 7.88. The van der Waals surface area contributed by atoms with Crippen LogP contribution in [0.5, 0.6) is 0 Å². The van der Waals surface area contributed by atoms with E-state index in [1.165, 1.54) is 37.5 Å².